The maximum absolute atomic E-state index is 3.66. The third-order valence-electron chi connectivity index (χ3n) is 3.91. The zero-order valence-corrected chi connectivity index (χ0v) is 10.2. The Morgan fingerprint density at radius 3 is 2.53 bits per heavy atom. The van der Waals surface area contributed by atoms with Crippen molar-refractivity contribution in [3.8, 4) is 0 Å². The Labute approximate surface area is 93.7 Å². The summed E-state index contributed by atoms with van der Waals surface area (Å²) in [6, 6.07) is 2.16. The van der Waals surface area contributed by atoms with E-state index in [9.17, 15) is 0 Å². The highest BCUT2D eigenvalue weighted by molar-refractivity contribution is 5.01. The Bertz CT molecular complexity index is 227. The second kappa shape index (κ2) is 4.67. The van der Waals surface area contributed by atoms with Gasteiger partial charge in [-0.25, -0.2) is 0 Å². The second-order valence-electron chi connectivity index (χ2n) is 5.40. The minimum Gasteiger partial charge on any atom is -0.311 e. The fourth-order valence-electron chi connectivity index (χ4n) is 2.74. The summed E-state index contributed by atoms with van der Waals surface area (Å²) >= 11 is 0. The van der Waals surface area contributed by atoms with E-state index in [-0.39, 0.29) is 0 Å². The molecule has 2 aliphatic rings. The van der Waals surface area contributed by atoms with Gasteiger partial charge in [0.25, 0.3) is 0 Å². The van der Waals surface area contributed by atoms with Gasteiger partial charge in [0.05, 0.1) is 0 Å². The number of hydrogen-bond donors (Lipinski definition) is 1. The molecule has 1 heterocycles. The molecule has 1 aliphatic heterocycles. The lowest BCUT2D eigenvalue weighted by molar-refractivity contribution is 0.0828. The molecule has 15 heavy (non-hydrogen) atoms. The van der Waals surface area contributed by atoms with Crippen molar-refractivity contribution >= 4 is 0 Å². The van der Waals surface area contributed by atoms with Gasteiger partial charge >= 0.3 is 0 Å². The lowest BCUT2D eigenvalue weighted by Crippen LogP contribution is -2.59. The quantitative estimate of drug-likeness (QED) is 0.699. The van der Waals surface area contributed by atoms with Crippen LogP contribution in [0, 0.1) is 5.92 Å². The molecule has 2 rings (SSSR count). The third kappa shape index (κ3) is 2.43. The van der Waals surface area contributed by atoms with Crippen LogP contribution in [0.1, 0.15) is 33.6 Å². The first-order valence-electron chi connectivity index (χ1n) is 6.32. The summed E-state index contributed by atoms with van der Waals surface area (Å²) in [4.78, 5) is 2.71. The molecular weight excluding hydrogens is 184 g/mol. The van der Waals surface area contributed by atoms with Crippen LogP contribution in [0.15, 0.2) is 12.2 Å². The first-order valence-corrected chi connectivity index (χ1v) is 6.32. The predicted molar refractivity (Wildman–Crippen MR) is 65.0 cm³/mol. The molecule has 1 aliphatic carbocycles. The summed E-state index contributed by atoms with van der Waals surface area (Å²) in [5.74, 6) is 0.745. The summed E-state index contributed by atoms with van der Waals surface area (Å²) in [7, 11) is 0. The van der Waals surface area contributed by atoms with Gasteiger partial charge < -0.3 is 5.32 Å². The van der Waals surface area contributed by atoms with E-state index < -0.39 is 0 Å². The van der Waals surface area contributed by atoms with Crippen LogP contribution in [-0.2, 0) is 0 Å². The van der Waals surface area contributed by atoms with E-state index in [1.165, 1.54) is 19.4 Å². The van der Waals surface area contributed by atoms with Crippen LogP contribution >= 0.6 is 0 Å². The number of nitrogens with one attached hydrogen (secondary N) is 1. The molecular formula is C13H24N2. The molecule has 1 saturated heterocycles. The molecule has 2 unspecified atom stereocenters. The Kier molecular flexibility index (Phi) is 3.47. The smallest absolute Gasteiger partial charge is 0.0218 e. The highest BCUT2D eigenvalue weighted by atomic mass is 15.3. The minimum absolute atomic E-state index is 0.682. The summed E-state index contributed by atoms with van der Waals surface area (Å²) in [5.41, 5.74) is 0. The second-order valence-corrected chi connectivity index (χ2v) is 5.40. The van der Waals surface area contributed by atoms with Gasteiger partial charge in [0.2, 0.25) is 0 Å². The van der Waals surface area contributed by atoms with Crippen LogP contribution in [0.25, 0.3) is 0 Å². The average molecular weight is 208 g/mol. The maximum Gasteiger partial charge on any atom is 0.0218 e. The standard InChI is InChI=1S/C13H24N2/c1-10(2)13-9-15(11(3)8-14-13)12-6-4-5-7-12/h4-5,10-14H,6-9H2,1-3H3. The van der Waals surface area contributed by atoms with Crippen LogP contribution in [0.3, 0.4) is 0 Å². The summed E-state index contributed by atoms with van der Waals surface area (Å²) in [6.07, 6.45) is 7.19. The van der Waals surface area contributed by atoms with Crippen molar-refractivity contribution in [3.63, 3.8) is 0 Å². The molecule has 0 radical (unpaired) electrons. The van der Waals surface area contributed by atoms with Gasteiger partial charge in [-0.05, 0) is 25.7 Å². The monoisotopic (exact) mass is 208 g/mol. The largest absolute Gasteiger partial charge is 0.311 e. The zero-order valence-electron chi connectivity index (χ0n) is 10.2. The van der Waals surface area contributed by atoms with Crippen molar-refractivity contribution in [2.75, 3.05) is 13.1 Å². The SMILES string of the molecule is CC(C)C1CN(C2CC=CC2)C(C)CN1. The molecule has 2 atom stereocenters. The predicted octanol–water partition coefficient (Wildman–Crippen LogP) is 2.02. The molecule has 0 spiro atoms. The Hall–Kier alpha value is -0.340. The molecule has 86 valence electrons. The summed E-state index contributed by atoms with van der Waals surface area (Å²) < 4.78 is 0. The normalized spacial score (nSPS) is 34.1. The third-order valence-corrected chi connectivity index (χ3v) is 3.91. The first kappa shape index (κ1) is 11.2. The Balaban J connectivity index is 1.95. The van der Waals surface area contributed by atoms with Crippen molar-refractivity contribution in [2.45, 2.75) is 51.7 Å². The van der Waals surface area contributed by atoms with E-state index in [1.807, 2.05) is 0 Å². The van der Waals surface area contributed by atoms with E-state index in [0.29, 0.717) is 12.1 Å². The van der Waals surface area contributed by atoms with Crippen LogP contribution < -0.4 is 5.32 Å². The average Bonchev–Trinajstić information content (AvgIpc) is 2.71. The van der Waals surface area contributed by atoms with Crippen LogP contribution in [0.2, 0.25) is 0 Å². The molecule has 0 aromatic heterocycles. The fourth-order valence-corrected chi connectivity index (χ4v) is 2.74. The molecule has 2 nitrogen and oxygen atoms in total. The van der Waals surface area contributed by atoms with E-state index in [1.54, 1.807) is 0 Å². The highest BCUT2D eigenvalue weighted by Crippen LogP contribution is 2.23. The molecule has 1 fully saturated rings. The lowest BCUT2D eigenvalue weighted by Gasteiger charge is -2.43. The van der Waals surface area contributed by atoms with Gasteiger partial charge in [-0.3, -0.25) is 4.90 Å². The lowest BCUT2D eigenvalue weighted by atomic mass is 9.98. The van der Waals surface area contributed by atoms with E-state index in [0.717, 1.165) is 18.5 Å². The van der Waals surface area contributed by atoms with Gasteiger partial charge in [-0.2, -0.15) is 0 Å². The minimum atomic E-state index is 0.682. The van der Waals surface area contributed by atoms with Crippen LogP contribution in [0.5, 0.6) is 0 Å². The van der Waals surface area contributed by atoms with Gasteiger partial charge in [0, 0.05) is 31.2 Å². The molecule has 0 bridgehead atoms. The van der Waals surface area contributed by atoms with Crippen LogP contribution in [0.4, 0.5) is 0 Å². The van der Waals surface area contributed by atoms with Gasteiger partial charge in [-0.15, -0.1) is 0 Å². The van der Waals surface area contributed by atoms with Gasteiger partial charge in [0.15, 0.2) is 0 Å². The van der Waals surface area contributed by atoms with E-state index >= 15 is 0 Å². The number of piperazine rings is 1. The number of nitrogens with zero attached hydrogens (tertiary/aromatic N) is 1. The first-order chi connectivity index (χ1) is 7.18. The summed E-state index contributed by atoms with van der Waals surface area (Å²) in [6.45, 7) is 9.36. The van der Waals surface area contributed by atoms with Crippen molar-refractivity contribution in [1.82, 2.24) is 10.2 Å². The maximum atomic E-state index is 3.66. The topological polar surface area (TPSA) is 15.3 Å². The van der Waals surface area contributed by atoms with Crippen LogP contribution in [-0.4, -0.2) is 36.1 Å². The van der Waals surface area contributed by atoms with Crippen molar-refractivity contribution in [1.29, 1.82) is 0 Å². The molecule has 0 aromatic rings. The number of hydrogen-bond acceptors (Lipinski definition) is 2. The highest BCUT2D eigenvalue weighted by Gasteiger charge is 2.31. The van der Waals surface area contributed by atoms with Gasteiger partial charge in [-0.1, -0.05) is 26.0 Å². The zero-order chi connectivity index (χ0) is 10.8. The van der Waals surface area contributed by atoms with Crippen molar-refractivity contribution in [3.05, 3.63) is 12.2 Å². The van der Waals surface area contributed by atoms with E-state index in [2.05, 4.69) is 43.1 Å². The molecule has 2 heteroatoms. The molecule has 0 saturated carbocycles. The Morgan fingerprint density at radius 1 is 1.27 bits per heavy atom. The summed E-state index contributed by atoms with van der Waals surface area (Å²) in [5, 5.41) is 3.66. The van der Waals surface area contributed by atoms with Crippen molar-refractivity contribution in [2.24, 2.45) is 5.92 Å². The van der Waals surface area contributed by atoms with Crippen molar-refractivity contribution < 1.29 is 0 Å². The molecule has 0 aromatic carbocycles. The van der Waals surface area contributed by atoms with E-state index in [4.69, 9.17) is 0 Å². The number of rotatable bonds is 2. The van der Waals surface area contributed by atoms with Gasteiger partial charge in [0.1, 0.15) is 0 Å². The molecule has 0 amide bonds. The Morgan fingerprint density at radius 2 is 1.93 bits per heavy atom. The molecule has 1 N–H and O–H groups in total. The fraction of sp³-hybridized carbons (Fsp3) is 0.846.